The van der Waals surface area contributed by atoms with E-state index in [9.17, 15) is 18.8 Å². The molecule has 0 aliphatic carbocycles. The van der Waals surface area contributed by atoms with E-state index in [0.29, 0.717) is 17.1 Å². The van der Waals surface area contributed by atoms with Crippen LogP contribution in [0.3, 0.4) is 0 Å². The zero-order valence-electron chi connectivity index (χ0n) is 14.8. The van der Waals surface area contributed by atoms with Crippen LogP contribution in [0.5, 0.6) is 5.75 Å². The van der Waals surface area contributed by atoms with Gasteiger partial charge in [0.15, 0.2) is 0 Å². The molecule has 0 radical (unpaired) electrons. The molecule has 0 aromatic heterocycles. The van der Waals surface area contributed by atoms with Gasteiger partial charge in [-0.3, -0.25) is 19.4 Å². The summed E-state index contributed by atoms with van der Waals surface area (Å²) < 4.78 is 18.2. The van der Waals surface area contributed by atoms with Gasteiger partial charge in [0.1, 0.15) is 24.2 Å². The zero-order chi connectivity index (χ0) is 19.6. The van der Waals surface area contributed by atoms with Crippen LogP contribution in [0.2, 0.25) is 0 Å². The number of nitrogens with one attached hydrogen (secondary N) is 1. The Labute approximate surface area is 155 Å². The summed E-state index contributed by atoms with van der Waals surface area (Å²) in [7, 11) is 1.51. The number of ether oxygens (including phenoxy) is 1. The van der Waals surface area contributed by atoms with Crippen molar-refractivity contribution in [3.05, 3.63) is 54.3 Å². The summed E-state index contributed by atoms with van der Waals surface area (Å²) >= 11 is 0. The van der Waals surface area contributed by atoms with Gasteiger partial charge in [0.05, 0.1) is 7.11 Å². The SMILES string of the molecule is COc1cccc(NC(=O)CN2C(=O)[C@H](C)N(c3ccc(F)cc3)C2=O)c1. The molecule has 1 fully saturated rings. The number of methoxy groups -OCH3 is 1. The van der Waals surface area contributed by atoms with Crippen molar-refractivity contribution < 1.29 is 23.5 Å². The summed E-state index contributed by atoms with van der Waals surface area (Å²) in [5.41, 5.74) is 0.875. The number of imide groups is 1. The Morgan fingerprint density at radius 1 is 1.19 bits per heavy atom. The molecular weight excluding hydrogens is 353 g/mol. The van der Waals surface area contributed by atoms with Gasteiger partial charge in [-0.05, 0) is 43.3 Å². The second-order valence-corrected chi connectivity index (χ2v) is 6.01. The van der Waals surface area contributed by atoms with Crippen molar-refractivity contribution in [1.29, 1.82) is 0 Å². The third-order valence-electron chi connectivity index (χ3n) is 4.21. The fourth-order valence-electron chi connectivity index (χ4n) is 2.85. The average Bonchev–Trinajstić information content (AvgIpc) is 2.86. The number of halogens is 1. The van der Waals surface area contributed by atoms with Crippen LogP contribution in [0.4, 0.5) is 20.6 Å². The van der Waals surface area contributed by atoms with Crippen molar-refractivity contribution in [2.24, 2.45) is 0 Å². The minimum Gasteiger partial charge on any atom is -0.497 e. The van der Waals surface area contributed by atoms with Gasteiger partial charge in [-0.15, -0.1) is 0 Å². The van der Waals surface area contributed by atoms with Gasteiger partial charge in [-0.25, -0.2) is 9.18 Å². The van der Waals surface area contributed by atoms with Gasteiger partial charge in [0.2, 0.25) is 5.91 Å². The Bertz CT molecular complexity index is 885. The maximum Gasteiger partial charge on any atom is 0.332 e. The number of hydrogen-bond acceptors (Lipinski definition) is 4. The van der Waals surface area contributed by atoms with E-state index in [1.54, 1.807) is 31.2 Å². The lowest BCUT2D eigenvalue weighted by molar-refractivity contribution is -0.130. The summed E-state index contributed by atoms with van der Waals surface area (Å²) in [6.45, 7) is 1.14. The number of benzene rings is 2. The number of carbonyl (C=O) groups is 3. The van der Waals surface area contributed by atoms with E-state index in [-0.39, 0.29) is 0 Å². The van der Waals surface area contributed by atoms with E-state index in [2.05, 4.69) is 5.32 Å². The van der Waals surface area contributed by atoms with Crippen molar-refractivity contribution in [1.82, 2.24) is 4.90 Å². The predicted octanol–water partition coefficient (Wildman–Crippen LogP) is 2.63. The first-order chi connectivity index (χ1) is 12.9. The van der Waals surface area contributed by atoms with Gasteiger partial charge >= 0.3 is 6.03 Å². The molecule has 2 aromatic carbocycles. The summed E-state index contributed by atoms with van der Waals surface area (Å²) in [5, 5.41) is 2.63. The quantitative estimate of drug-likeness (QED) is 0.820. The summed E-state index contributed by atoms with van der Waals surface area (Å²) in [5.74, 6) is -0.889. The van der Waals surface area contributed by atoms with Crippen LogP contribution in [-0.4, -0.2) is 42.4 Å². The van der Waals surface area contributed by atoms with Crippen LogP contribution in [0.15, 0.2) is 48.5 Å². The lowest BCUT2D eigenvalue weighted by Gasteiger charge is -2.19. The minimum atomic E-state index is -0.785. The van der Waals surface area contributed by atoms with E-state index < -0.39 is 36.2 Å². The number of carbonyl (C=O) groups excluding carboxylic acids is 3. The number of nitrogens with zero attached hydrogens (tertiary/aromatic N) is 2. The molecule has 7 nitrogen and oxygen atoms in total. The molecule has 1 heterocycles. The number of amides is 4. The molecule has 1 atom stereocenters. The normalized spacial score (nSPS) is 16.6. The van der Waals surface area contributed by atoms with Gasteiger partial charge in [0.25, 0.3) is 5.91 Å². The van der Waals surface area contributed by atoms with Crippen molar-refractivity contribution in [3.63, 3.8) is 0 Å². The molecule has 2 aromatic rings. The first-order valence-corrected chi connectivity index (χ1v) is 8.24. The van der Waals surface area contributed by atoms with Gasteiger partial charge in [-0.1, -0.05) is 6.07 Å². The second-order valence-electron chi connectivity index (χ2n) is 6.01. The Hall–Kier alpha value is -3.42. The second kappa shape index (κ2) is 7.45. The molecule has 0 bridgehead atoms. The largest absolute Gasteiger partial charge is 0.497 e. The highest BCUT2D eigenvalue weighted by Crippen LogP contribution is 2.26. The fourth-order valence-corrected chi connectivity index (χ4v) is 2.85. The topological polar surface area (TPSA) is 79.0 Å². The van der Waals surface area contributed by atoms with Crippen LogP contribution in [-0.2, 0) is 9.59 Å². The van der Waals surface area contributed by atoms with Crippen LogP contribution >= 0.6 is 0 Å². The van der Waals surface area contributed by atoms with E-state index in [0.717, 1.165) is 4.90 Å². The molecule has 1 saturated heterocycles. The molecule has 0 saturated carbocycles. The summed E-state index contributed by atoms with van der Waals surface area (Å²) in [4.78, 5) is 39.5. The minimum absolute atomic E-state index is 0.387. The standard InChI is InChI=1S/C19H18FN3O4/c1-12-18(25)22(19(26)23(12)15-8-6-13(20)7-9-15)11-17(24)21-14-4-3-5-16(10-14)27-2/h3-10,12H,11H2,1-2H3,(H,21,24)/t12-/m0/s1. The van der Waals surface area contributed by atoms with Crippen LogP contribution < -0.4 is 15.0 Å². The third-order valence-corrected chi connectivity index (χ3v) is 4.21. The molecule has 8 heteroatoms. The molecule has 4 amide bonds. The third kappa shape index (κ3) is 3.74. The average molecular weight is 371 g/mol. The molecule has 1 aliphatic rings. The van der Waals surface area contributed by atoms with Crippen molar-refractivity contribution in [2.75, 3.05) is 23.9 Å². The maximum atomic E-state index is 13.1. The molecule has 3 rings (SSSR count). The lowest BCUT2D eigenvalue weighted by atomic mass is 10.2. The van der Waals surface area contributed by atoms with Crippen LogP contribution in [0.25, 0.3) is 0 Å². The predicted molar refractivity (Wildman–Crippen MR) is 97.1 cm³/mol. The van der Waals surface area contributed by atoms with Gasteiger partial charge in [0, 0.05) is 17.4 Å². The highest BCUT2D eigenvalue weighted by atomic mass is 19.1. The highest BCUT2D eigenvalue weighted by Gasteiger charge is 2.44. The number of anilines is 2. The number of rotatable bonds is 5. The van der Waals surface area contributed by atoms with Crippen molar-refractivity contribution >= 4 is 29.2 Å². The van der Waals surface area contributed by atoms with Gasteiger partial charge in [-0.2, -0.15) is 0 Å². The monoisotopic (exact) mass is 371 g/mol. The fraction of sp³-hybridized carbons (Fsp3) is 0.211. The van der Waals surface area contributed by atoms with E-state index in [1.807, 2.05) is 0 Å². The number of hydrogen-bond donors (Lipinski definition) is 1. The number of urea groups is 1. The van der Waals surface area contributed by atoms with Crippen molar-refractivity contribution in [2.45, 2.75) is 13.0 Å². The van der Waals surface area contributed by atoms with E-state index in [4.69, 9.17) is 4.74 Å². The Morgan fingerprint density at radius 3 is 2.56 bits per heavy atom. The maximum absolute atomic E-state index is 13.1. The zero-order valence-corrected chi connectivity index (χ0v) is 14.8. The first kappa shape index (κ1) is 18.4. The summed E-state index contributed by atoms with van der Waals surface area (Å²) in [6, 6.07) is 10.6. The summed E-state index contributed by atoms with van der Waals surface area (Å²) in [6.07, 6.45) is 0. The highest BCUT2D eigenvalue weighted by molar-refractivity contribution is 6.16. The van der Waals surface area contributed by atoms with E-state index in [1.165, 1.54) is 36.3 Å². The Kier molecular flexibility index (Phi) is 5.07. The van der Waals surface area contributed by atoms with E-state index >= 15 is 0 Å². The van der Waals surface area contributed by atoms with Gasteiger partial charge < -0.3 is 10.1 Å². The lowest BCUT2D eigenvalue weighted by Crippen LogP contribution is -2.39. The van der Waals surface area contributed by atoms with Crippen LogP contribution in [0.1, 0.15) is 6.92 Å². The molecule has 27 heavy (non-hydrogen) atoms. The first-order valence-electron chi connectivity index (χ1n) is 8.24. The molecule has 140 valence electrons. The molecule has 0 spiro atoms. The van der Waals surface area contributed by atoms with Crippen LogP contribution in [0, 0.1) is 5.82 Å². The molecule has 0 unspecified atom stereocenters. The molecule has 1 aliphatic heterocycles. The Balaban J connectivity index is 1.72. The molecular formula is C19H18FN3O4. The van der Waals surface area contributed by atoms with Crippen molar-refractivity contribution in [3.8, 4) is 5.75 Å². The Morgan fingerprint density at radius 2 is 1.89 bits per heavy atom. The smallest absolute Gasteiger partial charge is 0.332 e. The molecule has 1 N–H and O–H groups in total.